The van der Waals surface area contributed by atoms with Crippen LogP contribution in [0.4, 0.5) is 0 Å². The zero-order chi connectivity index (χ0) is 10.4. The molecule has 0 heterocycles. The maximum Gasteiger partial charge on any atom is 0.513 e. The molecule has 0 aliphatic carbocycles. The van der Waals surface area contributed by atoms with Gasteiger partial charge < -0.3 is 0 Å². The predicted octanol–water partition coefficient (Wildman–Crippen LogP) is 3.65. The second-order valence-electron chi connectivity index (χ2n) is 3.37. The fourth-order valence-corrected chi connectivity index (χ4v) is 2.31. The Balaban J connectivity index is 2.73. The second-order valence-corrected chi connectivity index (χ2v) is 4.60. The van der Waals surface area contributed by atoms with E-state index >= 15 is 0 Å². The van der Waals surface area contributed by atoms with Gasteiger partial charge in [0.05, 0.1) is 0 Å². The van der Waals surface area contributed by atoms with Gasteiger partial charge in [-0.2, -0.15) is 4.89 Å². The van der Waals surface area contributed by atoms with Crippen LogP contribution < -0.4 is 0 Å². The average Bonchev–Trinajstić information content (AvgIpc) is 2.19. The van der Waals surface area contributed by atoms with Crippen LogP contribution in [0.15, 0.2) is 30.3 Å². The van der Waals surface area contributed by atoms with Crippen molar-refractivity contribution in [1.29, 1.82) is 0 Å². The first-order valence-electron chi connectivity index (χ1n) is 4.96. The zero-order valence-corrected chi connectivity index (χ0v) is 9.28. The standard InChI is InChI=1S/C11H15O2P/c1-2-3-9-11(14(12)13)10-7-5-4-6-8-10/h4-8,11H,2-3,9H2,1H3/p+1. The molecule has 2 unspecified atom stereocenters. The fraction of sp³-hybridized carbons (Fsp3) is 0.455. The van der Waals surface area contributed by atoms with Gasteiger partial charge in [0.2, 0.25) is 5.66 Å². The van der Waals surface area contributed by atoms with Gasteiger partial charge in [0.15, 0.2) is 0 Å². The molecule has 0 aliphatic heterocycles. The molecule has 0 bridgehead atoms. The van der Waals surface area contributed by atoms with Crippen molar-refractivity contribution in [3.8, 4) is 0 Å². The molecule has 0 fully saturated rings. The van der Waals surface area contributed by atoms with Gasteiger partial charge in [0, 0.05) is 12.0 Å². The lowest BCUT2D eigenvalue weighted by Crippen LogP contribution is -1.93. The highest BCUT2D eigenvalue weighted by Gasteiger charge is 2.29. The Morgan fingerprint density at radius 1 is 1.36 bits per heavy atom. The Kier molecular flexibility index (Phi) is 4.78. The van der Waals surface area contributed by atoms with E-state index in [0.717, 1.165) is 24.8 Å². The summed E-state index contributed by atoms with van der Waals surface area (Å²) in [6, 6.07) is 9.58. The normalized spacial score (nSPS) is 13.7. The Labute approximate surface area is 85.8 Å². The first kappa shape index (κ1) is 11.4. The van der Waals surface area contributed by atoms with E-state index in [1.165, 1.54) is 0 Å². The summed E-state index contributed by atoms with van der Waals surface area (Å²) in [5.74, 6) is 0. The maximum absolute atomic E-state index is 11.2. The van der Waals surface area contributed by atoms with Crippen molar-refractivity contribution in [3.05, 3.63) is 35.9 Å². The predicted molar refractivity (Wildman–Crippen MR) is 58.5 cm³/mol. The van der Waals surface area contributed by atoms with Gasteiger partial charge in [-0.25, -0.2) is 0 Å². The summed E-state index contributed by atoms with van der Waals surface area (Å²) in [6.45, 7) is 2.09. The van der Waals surface area contributed by atoms with Crippen molar-refractivity contribution in [3.63, 3.8) is 0 Å². The molecule has 0 saturated heterocycles. The number of unbranched alkanes of at least 4 members (excludes halogenated alkanes) is 1. The molecule has 0 aromatic heterocycles. The summed E-state index contributed by atoms with van der Waals surface area (Å²) in [6.07, 6.45) is 2.86. The van der Waals surface area contributed by atoms with Crippen molar-refractivity contribution < 1.29 is 9.46 Å². The first-order chi connectivity index (χ1) is 6.75. The van der Waals surface area contributed by atoms with Crippen LogP contribution in [0, 0.1) is 0 Å². The molecule has 1 aromatic carbocycles. The maximum atomic E-state index is 11.2. The Bertz CT molecular complexity index is 285. The molecule has 1 rings (SSSR count). The third-order valence-corrected chi connectivity index (χ3v) is 3.37. The molecule has 2 nitrogen and oxygen atoms in total. The summed E-state index contributed by atoms with van der Waals surface area (Å²) in [5, 5.41) is 0. The number of benzene rings is 1. The van der Waals surface area contributed by atoms with E-state index in [0.29, 0.717) is 0 Å². The fourth-order valence-electron chi connectivity index (χ4n) is 1.48. The van der Waals surface area contributed by atoms with E-state index in [9.17, 15) is 9.46 Å². The Morgan fingerprint density at radius 3 is 2.50 bits per heavy atom. The first-order valence-corrected chi connectivity index (χ1v) is 6.24. The Morgan fingerprint density at radius 2 is 2.00 bits per heavy atom. The molecule has 0 spiro atoms. The summed E-state index contributed by atoms with van der Waals surface area (Å²) in [7, 11) is -2.10. The van der Waals surface area contributed by atoms with Crippen LogP contribution in [0.2, 0.25) is 0 Å². The van der Waals surface area contributed by atoms with E-state index in [1.54, 1.807) is 0 Å². The quantitative estimate of drug-likeness (QED) is 0.755. The molecule has 1 N–H and O–H groups in total. The van der Waals surface area contributed by atoms with Crippen LogP contribution in [-0.4, -0.2) is 4.89 Å². The van der Waals surface area contributed by atoms with Crippen LogP contribution in [-0.2, 0) is 4.57 Å². The van der Waals surface area contributed by atoms with E-state index < -0.39 is 8.03 Å². The third-order valence-electron chi connectivity index (χ3n) is 2.28. The highest BCUT2D eigenvalue weighted by atomic mass is 31.1. The molecule has 0 saturated carbocycles. The van der Waals surface area contributed by atoms with Gasteiger partial charge in [0.25, 0.3) is 0 Å². The molecular formula is C11H16O2P+. The third kappa shape index (κ3) is 3.21. The summed E-state index contributed by atoms with van der Waals surface area (Å²) >= 11 is 0. The molecule has 0 radical (unpaired) electrons. The highest BCUT2D eigenvalue weighted by Crippen LogP contribution is 2.41. The molecule has 1 aromatic rings. The van der Waals surface area contributed by atoms with Gasteiger partial charge in [-0.05, 0) is 11.0 Å². The van der Waals surface area contributed by atoms with Gasteiger partial charge in [-0.1, -0.05) is 43.7 Å². The van der Waals surface area contributed by atoms with Crippen molar-refractivity contribution in [2.24, 2.45) is 0 Å². The average molecular weight is 211 g/mol. The van der Waals surface area contributed by atoms with E-state index in [4.69, 9.17) is 0 Å². The lowest BCUT2D eigenvalue weighted by molar-refractivity contribution is 0.483. The molecule has 14 heavy (non-hydrogen) atoms. The number of hydrogen-bond acceptors (Lipinski definition) is 1. The zero-order valence-electron chi connectivity index (χ0n) is 8.39. The molecular weight excluding hydrogens is 195 g/mol. The molecule has 0 amide bonds. The van der Waals surface area contributed by atoms with Gasteiger partial charge in [-0.15, -0.1) is 0 Å². The molecule has 76 valence electrons. The van der Waals surface area contributed by atoms with Crippen LogP contribution >= 0.6 is 8.03 Å². The van der Waals surface area contributed by atoms with Crippen LogP contribution in [0.25, 0.3) is 0 Å². The van der Waals surface area contributed by atoms with E-state index in [-0.39, 0.29) is 5.66 Å². The minimum Gasteiger partial charge on any atom is -0.160 e. The van der Waals surface area contributed by atoms with Crippen LogP contribution in [0.3, 0.4) is 0 Å². The molecule has 2 atom stereocenters. The van der Waals surface area contributed by atoms with Crippen LogP contribution in [0.5, 0.6) is 0 Å². The smallest absolute Gasteiger partial charge is 0.160 e. The van der Waals surface area contributed by atoms with Gasteiger partial charge in [0.1, 0.15) is 0 Å². The minimum atomic E-state index is -2.10. The minimum absolute atomic E-state index is 0.189. The van der Waals surface area contributed by atoms with Crippen molar-refractivity contribution in [1.82, 2.24) is 0 Å². The Hall–Kier alpha value is -0.720. The SMILES string of the molecule is CCCCC(c1ccccc1)[P+](=O)O. The van der Waals surface area contributed by atoms with Crippen molar-refractivity contribution in [2.45, 2.75) is 31.8 Å². The highest BCUT2D eigenvalue weighted by molar-refractivity contribution is 7.38. The van der Waals surface area contributed by atoms with E-state index in [2.05, 4.69) is 6.92 Å². The summed E-state index contributed by atoms with van der Waals surface area (Å²) in [5.41, 5.74) is 0.788. The summed E-state index contributed by atoms with van der Waals surface area (Å²) < 4.78 is 11.2. The van der Waals surface area contributed by atoms with Gasteiger partial charge in [-0.3, -0.25) is 0 Å². The molecule has 0 aliphatic rings. The summed E-state index contributed by atoms with van der Waals surface area (Å²) in [4.78, 5) is 9.20. The number of rotatable bonds is 5. The van der Waals surface area contributed by atoms with Gasteiger partial charge >= 0.3 is 8.03 Å². The number of hydrogen-bond donors (Lipinski definition) is 1. The van der Waals surface area contributed by atoms with E-state index in [1.807, 2.05) is 30.3 Å². The molecule has 3 heteroatoms. The topological polar surface area (TPSA) is 37.3 Å². The van der Waals surface area contributed by atoms with Crippen molar-refractivity contribution >= 4 is 8.03 Å². The monoisotopic (exact) mass is 211 g/mol. The lowest BCUT2D eigenvalue weighted by atomic mass is 10.1. The lowest BCUT2D eigenvalue weighted by Gasteiger charge is -2.03. The second kappa shape index (κ2) is 5.90. The largest absolute Gasteiger partial charge is 0.513 e. The van der Waals surface area contributed by atoms with Crippen LogP contribution in [0.1, 0.15) is 37.4 Å². The van der Waals surface area contributed by atoms with Crippen molar-refractivity contribution in [2.75, 3.05) is 0 Å².